The molecule has 0 amide bonds. The van der Waals surface area contributed by atoms with Crippen molar-refractivity contribution in [3.63, 3.8) is 0 Å². The van der Waals surface area contributed by atoms with Gasteiger partial charge in [-0.3, -0.25) is 0 Å². The predicted octanol–water partition coefficient (Wildman–Crippen LogP) is 3.48. The Morgan fingerprint density at radius 1 is 1.12 bits per heavy atom. The molecule has 1 aliphatic carbocycles. The van der Waals surface area contributed by atoms with E-state index in [-0.39, 0.29) is 0 Å². The van der Waals surface area contributed by atoms with E-state index in [1.807, 2.05) is 13.8 Å². The summed E-state index contributed by atoms with van der Waals surface area (Å²) in [5.74, 6) is 1.26. The molecule has 0 N–H and O–H groups in total. The summed E-state index contributed by atoms with van der Waals surface area (Å²) in [5, 5.41) is 12.7. The topological polar surface area (TPSA) is 69.4 Å². The van der Waals surface area contributed by atoms with E-state index in [2.05, 4.69) is 0 Å². The van der Waals surface area contributed by atoms with Gasteiger partial charge in [0, 0.05) is 16.9 Å². The van der Waals surface area contributed by atoms with Crippen LogP contribution in [0.15, 0.2) is 24.4 Å². The monoisotopic (exact) mass is 344 g/mol. The van der Waals surface area contributed by atoms with Gasteiger partial charge in [-0.2, -0.15) is 0 Å². The maximum atomic E-state index is 12.7. The summed E-state index contributed by atoms with van der Waals surface area (Å²) >= 11 is 0. The molecule has 1 aromatic carbocycles. The van der Waals surface area contributed by atoms with Crippen LogP contribution in [-0.4, -0.2) is 17.9 Å². The largest absolute Gasteiger partial charge is 0.805 e. The number of rotatable bonds is 7. The molecule has 1 heterocycles. The molecule has 134 valence electrons. The third kappa shape index (κ3) is 3.48. The van der Waals surface area contributed by atoms with Gasteiger partial charge in [0.2, 0.25) is 0 Å². The highest BCUT2D eigenvalue weighted by Gasteiger charge is 2.25. The molecule has 3 rings (SSSR count). The van der Waals surface area contributed by atoms with Gasteiger partial charge in [0.05, 0.1) is 23.3 Å². The molecule has 0 unspecified atom stereocenters. The lowest BCUT2D eigenvalue weighted by Gasteiger charge is -2.19. The molecule has 2 aromatic rings. The van der Waals surface area contributed by atoms with E-state index in [0.29, 0.717) is 60.2 Å². The van der Waals surface area contributed by atoms with E-state index in [9.17, 15) is 10.1 Å². The Labute approximate surface area is 147 Å². The van der Waals surface area contributed by atoms with Crippen LogP contribution >= 0.6 is 0 Å². The average molecular weight is 344 g/mol. The van der Waals surface area contributed by atoms with Gasteiger partial charge in [0.25, 0.3) is 11.9 Å². The highest BCUT2D eigenvalue weighted by molar-refractivity contribution is 5.64. The lowest BCUT2D eigenvalue weighted by Crippen LogP contribution is -2.24. The van der Waals surface area contributed by atoms with Crippen LogP contribution in [-0.2, 0) is 12.8 Å². The molecular weight excluding hydrogens is 320 g/mol. The minimum Gasteiger partial charge on any atom is -0.805 e. The zero-order valence-corrected chi connectivity index (χ0v) is 14.8. The fourth-order valence-corrected chi connectivity index (χ4v) is 3.07. The summed E-state index contributed by atoms with van der Waals surface area (Å²) in [4.78, 5) is 12.2. The lowest BCUT2D eigenvalue weighted by atomic mass is 10.1. The van der Waals surface area contributed by atoms with Crippen LogP contribution in [0.2, 0.25) is 0 Å². The molecule has 1 aromatic heterocycles. The van der Waals surface area contributed by atoms with Crippen molar-refractivity contribution in [2.24, 2.45) is 0 Å². The SMILES string of the molecule is CCCOc1ccc(-c2c[n+](=O)c3c(n2[O-])CCC3)cc1OCCC. The quantitative estimate of drug-likeness (QED) is 0.721. The molecule has 0 spiro atoms. The Balaban J connectivity index is 2.03. The third-order valence-electron chi connectivity index (χ3n) is 4.29. The van der Waals surface area contributed by atoms with E-state index in [0.717, 1.165) is 28.4 Å². The normalized spacial score (nSPS) is 12.9. The second-order valence-electron chi connectivity index (χ2n) is 6.24. The summed E-state index contributed by atoms with van der Waals surface area (Å²) in [6, 6.07) is 5.39. The van der Waals surface area contributed by atoms with Crippen LogP contribution in [0.3, 0.4) is 0 Å². The number of benzene rings is 1. The molecule has 25 heavy (non-hydrogen) atoms. The Hall–Kier alpha value is -2.50. The van der Waals surface area contributed by atoms with Crippen molar-refractivity contribution in [3.8, 4) is 22.8 Å². The Morgan fingerprint density at radius 2 is 1.84 bits per heavy atom. The van der Waals surface area contributed by atoms with Crippen molar-refractivity contribution in [3.05, 3.63) is 45.9 Å². The van der Waals surface area contributed by atoms with Gasteiger partial charge >= 0.3 is 0 Å². The van der Waals surface area contributed by atoms with E-state index >= 15 is 0 Å². The molecule has 0 bridgehead atoms. The number of fused-ring (bicyclic) bond motifs is 1. The smallest absolute Gasteiger partial charge is 0.258 e. The average Bonchev–Trinajstić information content (AvgIpc) is 3.12. The zero-order valence-electron chi connectivity index (χ0n) is 14.8. The van der Waals surface area contributed by atoms with E-state index in [1.54, 1.807) is 18.2 Å². The lowest BCUT2D eigenvalue weighted by molar-refractivity contribution is -0.504. The van der Waals surface area contributed by atoms with E-state index < -0.39 is 0 Å². The molecule has 0 atom stereocenters. The van der Waals surface area contributed by atoms with Crippen LogP contribution in [0, 0.1) is 10.1 Å². The van der Waals surface area contributed by atoms with Crippen molar-refractivity contribution < 1.29 is 13.9 Å². The summed E-state index contributed by atoms with van der Waals surface area (Å²) in [6.07, 6.45) is 5.29. The van der Waals surface area contributed by atoms with Crippen molar-refractivity contribution in [2.45, 2.75) is 46.0 Å². The Morgan fingerprint density at radius 3 is 2.56 bits per heavy atom. The summed E-state index contributed by atoms with van der Waals surface area (Å²) in [7, 11) is 0. The Kier molecular flexibility index (Phi) is 5.26. The Bertz CT molecular complexity index is 814. The molecule has 0 aliphatic heterocycles. The maximum Gasteiger partial charge on any atom is 0.258 e. The van der Waals surface area contributed by atoms with Gasteiger partial charge in [0.15, 0.2) is 11.5 Å². The third-order valence-corrected chi connectivity index (χ3v) is 4.29. The van der Waals surface area contributed by atoms with Gasteiger partial charge in [-0.15, -0.1) is 0 Å². The van der Waals surface area contributed by atoms with Crippen molar-refractivity contribution in [2.75, 3.05) is 13.2 Å². The van der Waals surface area contributed by atoms with Crippen molar-refractivity contribution >= 4 is 0 Å². The first kappa shape index (κ1) is 17.3. The summed E-state index contributed by atoms with van der Waals surface area (Å²) in [6.45, 7) is 5.24. The number of hydrogen-bond acceptors (Lipinski definition) is 4. The van der Waals surface area contributed by atoms with Gasteiger partial charge in [0.1, 0.15) is 5.69 Å². The molecule has 6 nitrogen and oxygen atoms in total. The van der Waals surface area contributed by atoms with Crippen LogP contribution in [0.1, 0.15) is 44.5 Å². The van der Waals surface area contributed by atoms with Crippen LogP contribution in [0.5, 0.6) is 11.5 Å². The van der Waals surface area contributed by atoms with Crippen LogP contribution in [0.4, 0.5) is 0 Å². The highest BCUT2D eigenvalue weighted by Crippen LogP contribution is 2.33. The summed E-state index contributed by atoms with van der Waals surface area (Å²) in [5.41, 5.74) is 2.17. The van der Waals surface area contributed by atoms with E-state index in [1.165, 1.54) is 6.20 Å². The van der Waals surface area contributed by atoms with Gasteiger partial charge in [-0.05, 0) is 43.9 Å². The van der Waals surface area contributed by atoms with Crippen molar-refractivity contribution in [1.29, 1.82) is 0 Å². The second-order valence-corrected chi connectivity index (χ2v) is 6.24. The highest BCUT2D eigenvalue weighted by atomic mass is 16.5. The minimum atomic E-state index is 0.346. The fourth-order valence-electron chi connectivity index (χ4n) is 3.07. The first-order valence-electron chi connectivity index (χ1n) is 8.93. The number of hydrogen-bond donors (Lipinski definition) is 0. The van der Waals surface area contributed by atoms with Crippen LogP contribution in [0.25, 0.3) is 11.3 Å². The second kappa shape index (κ2) is 7.59. The van der Waals surface area contributed by atoms with Gasteiger partial charge in [-0.25, -0.2) is 0 Å². The fraction of sp³-hybridized carbons (Fsp3) is 0.474. The molecule has 6 heteroatoms. The first-order chi connectivity index (χ1) is 12.2. The molecule has 0 radical (unpaired) electrons. The maximum absolute atomic E-state index is 12.7. The van der Waals surface area contributed by atoms with Gasteiger partial charge < -0.3 is 19.4 Å². The van der Waals surface area contributed by atoms with Crippen LogP contribution < -0.4 is 13.9 Å². The molecular formula is C19H24N2O4. The summed E-state index contributed by atoms with van der Waals surface area (Å²) < 4.78 is 13.2. The predicted molar refractivity (Wildman–Crippen MR) is 95.6 cm³/mol. The standard InChI is InChI=1S/C19H24N2O4/c1-3-10-24-18-9-8-14(12-19(18)25-11-4-2)17-13-20(22)15-6-5-7-16(15)21(17)23/h8-9,12-13H,3-7,10-11H2,1-2H3. The molecule has 0 fully saturated rings. The molecule has 0 saturated carbocycles. The molecule has 1 aliphatic rings. The minimum absolute atomic E-state index is 0.346. The van der Waals surface area contributed by atoms with E-state index in [4.69, 9.17) is 9.47 Å². The molecule has 0 saturated heterocycles. The zero-order chi connectivity index (χ0) is 17.8. The van der Waals surface area contributed by atoms with Crippen molar-refractivity contribution in [1.82, 2.24) is 4.73 Å². The number of nitrogens with zero attached hydrogens (tertiary/aromatic N) is 2. The number of ether oxygens (including phenoxy) is 2. The van der Waals surface area contributed by atoms with Gasteiger partial charge in [-0.1, -0.05) is 13.8 Å². The number of aromatic nitrogens is 2. The first-order valence-corrected chi connectivity index (χ1v) is 8.93.